The van der Waals surface area contributed by atoms with Crippen LogP contribution in [0.15, 0.2) is 89.7 Å². The molecule has 0 spiro atoms. The van der Waals surface area contributed by atoms with E-state index in [4.69, 9.17) is 14.4 Å². The van der Waals surface area contributed by atoms with E-state index >= 15 is 0 Å². The highest BCUT2D eigenvalue weighted by molar-refractivity contribution is 6.09. The molecule has 0 aliphatic rings. The summed E-state index contributed by atoms with van der Waals surface area (Å²) in [5.74, 6) is 0.545. The summed E-state index contributed by atoms with van der Waals surface area (Å²) in [6.07, 6.45) is 4.59. The van der Waals surface area contributed by atoms with Crippen molar-refractivity contribution in [3.63, 3.8) is 0 Å². The molecule has 6 rings (SSSR count). The highest BCUT2D eigenvalue weighted by Gasteiger charge is 2.15. The van der Waals surface area contributed by atoms with Crippen molar-refractivity contribution in [3.05, 3.63) is 96.5 Å². The van der Waals surface area contributed by atoms with Gasteiger partial charge in [-0.25, -0.2) is 4.98 Å². The molecule has 0 unspecified atom stereocenters. The van der Waals surface area contributed by atoms with Crippen molar-refractivity contribution in [2.24, 2.45) is 5.92 Å². The van der Waals surface area contributed by atoms with E-state index in [0.29, 0.717) is 5.92 Å². The van der Waals surface area contributed by atoms with E-state index in [9.17, 15) is 0 Å². The average Bonchev–Trinajstić information content (AvgIpc) is 3.32. The van der Waals surface area contributed by atoms with Crippen LogP contribution in [0.25, 0.3) is 55.0 Å². The molecule has 3 aromatic carbocycles. The Hall–Kier alpha value is -3.98. The summed E-state index contributed by atoms with van der Waals surface area (Å²) in [5, 5.41) is 4.66. The number of rotatable bonds is 4. The van der Waals surface area contributed by atoms with Gasteiger partial charge in [0, 0.05) is 28.2 Å². The first-order valence-electron chi connectivity index (χ1n) is 11.8. The predicted molar refractivity (Wildman–Crippen MR) is 141 cm³/mol. The molecule has 3 aromatic heterocycles. The number of benzene rings is 3. The maximum absolute atomic E-state index is 5.85. The van der Waals surface area contributed by atoms with Crippen LogP contribution in [-0.4, -0.2) is 9.97 Å². The Balaban J connectivity index is 1.53. The molecule has 0 N–H and O–H groups in total. The van der Waals surface area contributed by atoms with Crippen LogP contribution >= 0.6 is 0 Å². The first kappa shape index (κ1) is 20.6. The third kappa shape index (κ3) is 3.54. The van der Waals surface area contributed by atoms with E-state index in [-0.39, 0.29) is 0 Å². The molecule has 166 valence electrons. The predicted octanol–water partition coefficient (Wildman–Crippen LogP) is 8.37. The van der Waals surface area contributed by atoms with Gasteiger partial charge in [-0.3, -0.25) is 4.98 Å². The monoisotopic (exact) mass is 442 g/mol. The van der Waals surface area contributed by atoms with Crippen LogP contribution < -0.4 is 0 Å². The lowest BCUT2D eigenvalue weighted by Crippen LogP contribution is -1.98. The highest BCUT2D eigenvalue weighted by atomic mass is 16.3. The number of aromatic nitrogens is 2. The molecule has 0 aliphatic heterocycles. The van der Waals surface area contributed by atoms with E-state index in [1.165, 1.54) is 21.9 Å². The summed E-state index contributed by atoms with van der Waals surface area (Å²) < 4.78 is 5.85. The lowest BCUT2D eigenvalue weighted by molar-refractivity contribution is 0.616. The van der Waals surface area contributed by atoms with E-state index in [0.717, 1.165) is 50.8 Å². The van der Waals surface area contributed by atoms with E-state index in [1.54, 1.807) is 6.26 Å². The van der Waals surface area contributed by atoms with Gasteiger partial charge in [0.05, 0.1) is 12.0 Å². The first-order chi connectivity index (χ1) is 16.6. The van der Waals surface area contributed by atoms with Crippen molar-refractivity contribution in [1.82, 2.24) is 9.97 Å². The van der Waals surface area contributed by atoms with Crippen LogP contribution in [0.1, 0.15) is 25.1 Å². The number of pyridine rings is 2. The number of nitrogens with zero attached hydrogens (tertiary/aromatic N) is 2. The lowest BCUT2D eigenvalue weighted by Gasteiger charge is -2.12. The second-order valence-electron chi connectivity index (χ2n) is 9.50. The van der Waals surface area contributed by atoms with Crippen molar-refractivity contribution in [1.29, 1.82) is 0 Å². The second-order valence-corrected chi connectivity index (χ2v) is 9.50. The summed E-state index contributed by atoms with van der Waals surface area (Å²) in [6, 6.07) is 25.8. The number of hydrogen-bond donors (Lipinski definition) is 0. The van der Waals surface area contributed by atoms with Crippen molar-refractivity contribution >= 4 is 32.6 Å². The Kier molecular flexibility index (Phi) is 4.91. The molecule has 0 atom stereocenters. The molecule has 0 fully saturated rings. The van der Waals surface area contributed by atoms with Crippen molar-refractivity contribution < 1.29 is 4.42 Å². The average molecular weight is 443 g/mol. The molecular formula is C31H26N2O. The van der Waals surface area contributed by atoms with Gasteiger partial charge in [-0.15, -0.1) is 0 Å². The zero-order chi connectivity index (χ0) is 23.2. The van der Waals surface area contributed by atoms with Crippen molar-refractivity contribution in [2.45, 2.75) is 27.2 Å². The Morgan fingerprint density at radius 2 is 1.71 bits per heavy atom. The van der Waals surface area contributed by atoms with Crippen molar-refractivity contribution in [2.75, 3.05) is 0 Å². The highest BCUT2D eigenvalue weighted by Crippen LogP contribution is 2.36. The summed E-state index contributed by atoms with van der Waals surface area (Å²) in [7, 11) is 0. The molecule has 0 saturated carbocycles. The molecule has 0 bridgehead atoms. The Morgan fingerprint density at radius 1 is 0.824 bits per heavy atom. The van der Waals surface area contributed by atoms with Gasteiger partial charge in [-0.1, -0.05) is 50.2 Å². The van der Waals surface area contributed by atoms with Gasteiger partial charge in [-0.05, 0) is 83.1 Å². The van der Waals surface area contributed by atoms with Gasteiger partial charge in [-0.2, -0.15) is 0 Å². The molecule has 3 heterocycles. The topological polar surface area (TPSA) is 38.9 Å². The smallest absolute Gasteiger partial charge is 0.160 e. The molecule has 0 aliphatic carbocycles. The van der Waals surface area contributed by atoms with E-state index in [2.05, 4.69) is 87.5 Å². The molecule has 6 aromatic rings. The molecular weight excluding hydrogens is 416 g/mol. The number of aryl methyl sites for hydroxylation is 1. The van der Waals surface area contributed by atoms with Crippen LogP contribution in [0.5, 0.6) is 0 Å². The van der Waals surface area contributed by atoms with Gasteiger partial charge in [0.2, 0.25) is 0 Å². The Morgan fingerprint density at radius 3 is 2.59 bits per heavy atom. The van der Waals surface area contributed by atoms with Crippen LogP contribution in [0.4, 0.5) is 0 Å². The zero-order valence-electron chi connectivity index (χ0n) is 19.7. The van der Waals surface area contributed by atoms with Gasteiger partial charge in [0.1, 0.15) is 5.52 Å². The third-order valence-corrected chi connectivity index (χ3v) is 6.51. The van der Waals surface area contributed by atoms with Crippen LogP contribution in [0.2, 0.25) is 0 Å². The maximum Gasteiger partial charge on any atom is 0.160 e. The summed E-state index contributed by atoms with van der Waals surface area (Å²) in [4.78, 5) is 9.78. The Bertz CT molecular complexity index is 1680. The number of hydrogen-bond acceptors (Lipinski definition) is 3. The largest absolute Gasteiger partial charge is 0.462 e. The lowest BCUT2D eigenvalue weighted by atomic mass is 9.96. The van der Waals surface area contributed by atoms with Gasteiger partial charge < -0.3 is 4.42 Å². The summed E-state index contributed by atoms with van der Waals surface area (Å²) >= 11 is 0. The van der Waals surface area contributed by atoms with Crippen LogP contribution in [-0.2, 0) is 6.42 Å². The third-order valence-electron chi connectivity index (χ3n) is 6.51. The first-order valence-corrected chi connectivity index (χ1v) is 11.8. The molecule has 3 heteroatoms. The zero-order valence-corrected chi connectivity index (χ0v) is 19.7. The normalized spacial score (nSPS) is 11.8. The standard InChI is InChI=1S/C31H26N2O/c1-19(2)14-25-8-9-27-28(17-23-11-13-34-31(23)30(27)33-25)29-18-21(10-12-32-29)24-15-20(3)26-7-5-4-6-22(26)16-24/h4-13,15-19H,14H2,1-3H3. The molecule has 0 saturated heterocycles. The SMILES string of the molecule is Cc1cc(-c2ccnc(-c3cc4ccoc4c4nc(CC(C)C)ccc34)c2)cc2ccccc12. The number of fused-ring (bicyclic) bond motifs is 4. The fourth-order valence-electron chi connectivity index (χ4n) is 4.92. The van der Waals surface area contributed by atoms with Crippen LogP contribution in [0, 0.1) is 12.8 Å². The fraction of sp³-hybridized carbons (Fsp3) is 0.161. The Labute approximate surface area is 199 Å². The molecule has 0 radical (unpaired) electrons. The molecule has 3 nitrogen and oxygen atoms in total. The van der Waals surface area contributed by atoms with Gasteiger partial charge in [0.15, 0.2) is 5.58 Å². The second kappa shape index (κ2) is 8.11. The van der Waals surface area contributed by atoms with E-state index < -0.39 is 0 Å². The minimum Gasteiger partial charge on any atom is -0.462 e. The number of furan rings is 1. The minimum absolute atomic E-state index is 0.545. The fourth-order valence-corrected chi connectivity index (χ4v) is 4.92. The van der Waals surface area contributed by atoms with Gasteiger partial charge in [0.25, 0.3) is 0 Å². The summed E-state index contributed by atoms with van der Waals surface area (Å²) in [6.45, 7) is 6.61. The molecule has 0 amide bonds. The van der Waals surface area contributed by atoms with Crippen LogP contribution in [0.3, 0.4) is 0 Å². The van der Waals surface area contributed by atoms with Crippen molar-refractivity contribution in [3.8, 4) is 22.4 Å². The van der Waals surface area contributed by atoms with E-state index in [1.807, 2.05) is 12.3 Å². The molecule has 34 heavy (non-hydrogen) atoms. The van der Waals surface area contributed by atoms with Gasteiger partial charge >= 0.3 is 0 Å². The minimum atomic E-state index is 0.545. The maximum atomic E-state index is 5.85. The quantitative estimate of drug-likeness (QED) is 0.275. The summed E-state index contributed by atoms with van der Waals surface area (Å²) in [5.41, 5.74) is 8.48.